The molecule has 2 aromatic rings. The highest BCUT2D eigenvalue weighted by Gasteiger charge is 2.18. The van der Waals surface area contributed by atoms with Crippen LogP contribution in [0, 0.1) is 12.7 Å². The molecule has 0 heterocycles. The van der Waals surface area contributed by atoms with Gasteiger partial charge >= 0.3 is 0 Å². The second kappa shape index (κ2) is 5.48. The minimum atomic E-state index is -0.630. The van der Waals surface area contributed by atoms with Crippen LogP contribution in [0.25, 0.3) is 0 Å². The summed E-state index contributed by atoms with van der Waals surface area (Å²) in [5.41, 5.74) is 1.62. The molecule has 2 aromatic carbocycles. The molecule has 0 amide bonds. The minimum absolute atomic E-state index is 0.302. The van der Waals surface area contributed by atoms with Gasteiger partial charge < -0.3 is 0 Å². The van der Waals surface area contributed by atoms with Gasteiger partial charge in [0.15, 0.2) is 0 Å². The summed E-state index contributed by atoms with van der Waals surface area (Å²) in [5, 5.41) is 0.329. The number of hydrogen-bond donors (Lipinski definition) is 0. The number of benzene rings is 2. The van der Waals surface area contributed by atoms with E-state index in [2.05, 4.69) is 0 Å². The third-order valence-electron chi connectivity index (χ3n) is 2.73. The predicted octanol–water partition coefficient (Wildman–Crippen LogP) is 5.77. The molecule has 0 radical (unpaired) electrons. The summed E-state index contributed by atoms with van der Waals surface area (Å²) in [6.07, 6.45) is 0. The van der Waals surface area contributed by atoms with Crippen molar-refractivity contribution in [2.24, 2.45) is 0 Å². The lowest BCUT2D eigenvalue weighted by Gasteiger charge is -2.14. The van der Waals surface area contributed by atoms with E-state index in [1.165, 1.54) is 0 Å². The van der Waals surface area contributed by atoms with Crippen LogP contribution >= 0.6 is 34.8 Å². The fourth-order valence-corrected chi connectivity index (χ4v) is 2.67. The summed E-state index contributed by atoms with van der Waals surface area (Å²) in [6.45, 7) is 1.70. The zero-order valence-corrected chi connectivity index (χ0v) is 11.8. The molecular formula is C14H10Cl3F. The van der Waals surface area contributed by atoms with E-state index in [9.17, 15) is 4.39 Å². The molecule has 0 fully saturated rings. The molecule has 4 heteroatoms. The Labute approximate surface area is 120 Å². The molecule has 0 spiro atoms. The van der Waals surface area contributed by atoms with Gasteiger partial charge in [0, 0.05) is 15.6 Å². The van der Waals surface area contributed by atoms with Gasteiger partial charge in [-0.25, -0.2) is 4.39 Å². The molecule has 94 valence electrons. The van der Waals surface area contributed by atoms with Gasteiger partial charge in [-0.2, -0.15) is 0 Å². The molecule has 2 rings (SSSR count). The summed E-state index contributed by atoms with van der Waals surface area (Å²) in [6, 6.07) is 10.1. The van der Waals surface area contributed by atoms with Crippen LogP contribution in [-0.2, 0) is 0 Å². The fourth-order valence-electron chi connectivity index (χ4n) is 1.74. The van der Waals surface area contributed by atoms with Crippen molar-refractivity contribution in [2.45, 2.75) is 12.3 Å². The van der Waals surface area contributed by atoms with E-state index in [0.29, 0.717) is 26.7 Å². The van der Waals surface area contributed by atoms with E-state index >= 15 is 0 Å². The van der Waals surface area contributed by atoms with Gasteiger partial charge in [-0.1, -0.05) is 47.5 Å². The standard InChI is InChI=1S/C14H10Cl3F/c1-8-3-2-4-11(14(8)18)13(17)10-6-5-9(15)7-12(10)16/h2-7,13H,1H3. The molecule has 0 N–H and O–H groups in total. The molecule has 0 aliphatic rings. The number of alkyl halides is 1. The lowest BCUT2D eigenvalue weighted by atomic mass is 10.0. The fraction of sp³-hybridized carbons (Fsp3) is 0.143. The lowest BCUT2D eigenvalue weighted by Crippen LogP contribution is -1.99. The number of hydrogen-bond acceptors (Lipinski definition) is 0. The molecule has 0 aliphatic heterocycles. The molecule has 0 saturated carbocycles. The van der Waals surface area contributed by atoms with Crippen LogP contribution in [0.5, 0.6) is 0 Å². The van der Waals surface area contributed by atoms with E-state index in [1.807, 2.05) is 0 Å². The zero-order valence-electron chi connectivity index (χ0n) is 9.55. The van der Waals surface area contributed by atoms with Gasteiger partial charge in [-0.05, 0) is 30.2 Å². The van der Waals surface area contributed by atoms with E-state index in [4.69, 9.17) is 34.8 Å². The molecule has 0 bridgehead atoms. The second-order valence-electron chi connectivity index (χ2n) is 4.01. The van der Waals surface area contributed by atoms with Crippen molar-refractivity contribution >= 4 is 34.8 Å². The van der Waals surface area contributed by atoms with Gasteiger partial charge in [0.25, 0.3) is 0 Å². The summed E-state index contributed by atoms with van der Waals surface area (Å²) < 4.78 is 14.0. The number of aryl methyl sites for hydroxylation is 1. The van der Waals surface area contributed by atoms with Crippen molar-refractivity contribution in [1.82, 2.24) is 0 Å². The van der Waals surface area contributed by atoms with Crippen molar-refractivity contribution in [1.29, 1.82) is 0 Å². The van der Waals surface area contributed by atoms with Crippen LogP contribution in [0.1, 0.15) is 22.1 Å². The lowest BCUT2D eigenvalue weighted by molar-refractivity contribution is 0.603. The van der Waals surface area contributed by atoms with Crippen molar-refractivity contribution in [2.75, 3.05) is 0 Å². The smallest absolute Gasteiger partial charge is 0.131 e. The largest absolute Gasteiger partial charge is 0.206 e. The highest BCUT2D eigenvalue weighted by atomic mass is 35.5. The summed E-state index contributed by atoms with van der Waals surface area (Å²) >= 11 is 18.2. The first-order chi connectivity index (χ1) is 8.50. The Kier molecular flexibility index (Phi) is 4.16. The van der Waals surface area contributed by atoms with Crippen LogP contribution in [-0.4, -0.2) is 0 Å². The molecule has 0 saturated heterocycles. The monoisotopic (exact) mass is 302 g/mol. The maximum atomic E-state index is 14.0. The molecular weight excluding hydrogens is 294 g/mol. The minimum Gasteiger partial charge on any atom is -0.206 e. The highest BCUT2D eigenvalue weighted by Crippen LogP contribution is 2.36. The zero-order chi connectivity index (χ0) is 13.3. The van der Waals surface area contributed by atoms with E-state index in [1.54, 1.807) is 43.3 Å². The Morgan fingerprint density at radius 3 is 2.44 bits per heavy atom. The first kappa shape index (κ1) is 13.7. The van der Waals surface area contributed by atoms with Gasteiger partial charge in [0.1, 0.15) is 5.82 Å². The molecule has 0 aliphatic carbocycles. The Morgan fingerprint density at radius 1 is 1.06 bits per heavy atom. The first-order valence-corrected chi connectivity index (χ1v) is 6.54. The van der Waals surface area contributed by atoms with Crippen LogP contribution < -0.4 is 0 Å². The predicted molar refractivity (Wildman–Crippen MR) is 75.3 cm³/mol. The average Bonchev–Trinajstić information content (AvgIpc) is 2.32. The van der Waals surface area contributed by atoms with Gasteiger partial charge in [0.2, 0.25) is 0 Å². The summed E-state index contributed by atoms with van der Waals surface area (Å²) in [7, 11) is 0. The van der Waals surface area contributed by atoms with Crippen LogP contribution in [0.4, 0.5) is 4.39 Å². The maximum Gasteiger partial charge on any atom is 0.131 e. The van der Waals surface area contributed by atoms with Crippen molar-refractivity contribution in [3.63, 3.8) is 0 Å². The normalized spacial score (nSPS) is 12.5. The van der Waals surface area contributed by atoms with Gasteiger partial charge in [-0.15, -0.1) is 11.6 Å². The van der Waals surface area contributed by atoms with Gasteiger partial charge in [0.05, 0.1) is 5.38 Å². The van der Waals surface area contributed by atoms with Crippen LogP contribution in [0.3, 0.4) is 0 Å². The van der Waals surface area contributed by atoms with Crippen molar-refractivity contribution in [3.8, 4) is 0 Å². The van der Waals surface area contributed by atoms with Crippen molar-refractivity contribution < 1.29 is 4.39 Å². The second-order valence-corrected chi connectivity index (χ2v) is 5.29. The Hall–Kier alpha value is -0.760. The third-order valence-corrected chi connectivity index (χ3v) is 3.76. The SMILES string of the molecule is Cc1cccc(C(Cl)c2ccc(Cl)cc2Cl)c1F. The van der Waals surface area contributed by atoms with Crippen molar-refractivity contribution in [3.05, 3.63) is 69.0 Å². The van der Waals surface area contributed by atoms with Crippen LogP contribution in [0.2, 0.25) is 10.0 Å². The molecule has 0 aromatic heterocycles. The maximum absolute atomic E-state index is 14.0. The Morgan fingerprint density at radius 2 is 1.78 bits per heavy atom. The number of rotatable bonds is 2. The third kappa shape index (κ3) is 2.64. The topological polar surface area (TPSA) is 0 Å². The summed E-state index contributed by atoms with van der Waals surface area (Å²) in [5.74, 6) is -0.302. The molecule has 0 nitrogen and oxygen atoms in total. The van der Waals surface area contributed by atoms with Gasteiger partial charge in [-0.3, -0.25) is 0 Å². The molecule has 1 atom stereocenters. The Bertz CT molecular complexity index is 581. The Balaban J connectivity index is 2.48. The highest BCUT2D eigenvalue weighted by molar-refractivity contribution is 6.36. The quantitative estimate of drug-likeness (QED) is 0.618. The van der Waals surface area contributed by atoms with E-state index < -0.39 is 5.38 Å². The van der Waals surface area contributed by atoms with E-state index in [0.717, 1.165) is 0 Å². The van der Waals surface area contributed by atoms with E-state index in [-0.39, 0.29) is 5.82 Å². The number of halogens is 4. The average molecular weight is 304 g/mol. The molecule has 1 unspecified atom stereocenters. The molecule has 18 heavy (non-hydrogen) atoms. The van der Waals surface area contributed by atoms with Crippen LogP contribution in [0.15, 0.2) is 36.4 Å². The summed E-state index contributed by atoms with van der Waals surface area (Å²) in [4.78, 5) is 0. The first-order valence-electron chi connectivity index (χ1n) is 5.34.